The molecule has 2 aromatic heterocycles. The molecule has 0 aliphatic carbocycles. The molecule has 2 N–H and O–H groups in total. The number of fused-ring (bicyclic) bond motifs is 1. The van der Waals surface area contributed by atoms with Gasteiger partial charge >= 0.3 is 0 Å². The Labute approximate surface area is 248 Å². The molecule has 4 aromatic rings. The van der Waals surface area contributed by atoms with Crippen LogP contribution in [0.2, 0.25) is 0 Å². The lowest BCUT2D eigenvalue weighted by Gasteiger charge is -2.30. The lowest BCUT2D eigenvalue weighted by Crippen LogP contribution is -2.36. The van der Waals surface area contributed by atoms with Crippen LogP contribution in [0.5, 0.6) is 0 Å². The summed E-state index contributed by atoms with van der Waals surface area (Å²) in [6.07, 6.45) is 3.74. The summed E-state index contributed by atoms with van der Waals surface area (Å²) in [6.45, 7) is 6.41. The molecule has 1 aliphatic heterocycles. The van der Waals surface area contributed by atoms with Crippen LogP contribution in [0.3, 0.4) is 0 Å². The van der Waals surface area contributed by atoms with Gasteiger partial charge in [-0.25, -0.2) is 13.5 Å². The zero-order valence-corrected chi connectivity index (χ0v) is 24.7. The number of hydrogen-bond acceptors (Lipinski definition) is 6. The predicted molar refractivity (Wildman–Crippen MR) is 163 cm³/mol. The Morgan fingerprint density at radius 2 is 1.79 bits per heavy atom. The Morgan fingerprint density at radius 3 is 2.45 bits per heavy atom. The molecule has 1 aliphatic rings. The van der Waals surface area contributed by atoms with Crippen molar-refractivity contribution in [2.45, 2.75) is 51.1 Å². The van der Waals surface area contributed by atoms with Gasteiger partial charge in [-0.1, -0.05) is 30.3 Å². The Balaban J connectivity index is 1.60. The number of rotatable bonds is 8. The molecule has 2 atom stereocenters. The van der Waals surface area contributed by atoms with Gasteiger partial charge in [-0.15, -0.1) is 0 Å². The van der Waals surface area contributed by atoms with Crippen molar-refractivity contribution in [3.05, 3.63) is 107 Å². The maximum atomic E-state index is 13.7. The van der Waals surface area contributed by atoms with Crippen molar-refractivity contribution < 1.29 is 14.1 Å². The van der Waals surface area contributed by atoms with Gasteiger partial charge in [-0.05, 0) is 85.8 Å². The summed E-state index contributed by atoms with van der Waals surface area (Å²) in [6, 6.07) is 22.6. The number of nitriles is 1. The molecular weight excluding hydrogens is 546 g/mol. The monoisotopic (exact) mass is 579 g/mol. The van der Waals surface area contributed by atoms with E-state index in [1.165, 1.54) is 0 Å². The van der Waals surface area contributed by atoms with Gasteiger partial charge in [0.15, 0.2) is 0 Å². The van der Waals surface area contributed by atoms with Crippen molar-refractivity contribution in [3.8, 4) is 28.5 Å². The van der Waals surface area contributed by atoms with Crippen LogP contribution in [0.25, 0.3) is 22.4 Å². The summed E-state index contributed by atoms with van der Waals surface area (Å²) in [7, 11) is -1.36. The molecule has 3 heterocycles. The van der Waals surface area contributed by atoms with Gasteiger partial charge in [-0.3, -0.25) is 9.78 Å². The fraction of sp³-hybridized carbons (Fsp3) is 0.273. The number of nitrogens with one attached hydrogen (secondary N) is 1. The van der Waals surface area contributed by atoms with Gasteiger partial charge in [0.25, 0.3) is 5.91 Å². The zero-order valence-electron chi connectivity index (χ0n) is 23.9. The lowest BCUT2D eigenvalue weighted by atomic mass is 9.94. The Bertz CT molecular complexity index is 1660. The molecular formula is C33H33N5O3S. The number of nitrogens with zero attached hydrogens (tertiary/aromatic N) is 4. The highest BCUT2D eigenvalue weighted by Crippen LogP contribution is 2.44. The van der Waals surface area contributed by atoms with Crippen molar-refractivity contribution in [2.24, 2.45) is 0 Å². The van der Waals surface area contributed by atoms with E-state index in [9.17, 15) is 19.4 Å². The molecule has 1 amide bonds. The van der Waals surface area contributed by atoms with Crippen molar-refractivity contribution in [3.63, 3.8) is 0 Å². The third-order valence-corrected chi connectivity index (χ3v) is 9.07. The van der Waals surface area contributed by atoms with Gasteiger partial charge in [-0.2, -0.15) is 5.26 Å². The number of aliphatic hydroxyl groups excluding tert-OH is 1. The highest BCUT2D eigenvalue weighted by atomic mass is 32.2. The van der Waals surface area contributed by atoms with E-state index in [2.05, 4.69) is 16.4 Å². The van der Waals surface area contributed by atoms with Crippen LogP contribution in [0.1, 0.15) is 66.0 Å². The molecule has 9 heteroatoms. The van der Waals surface area contributed by atoms with E-state index in [4.69, 9.17) is 4.98 Å². The molecule has 0 saturated carbocycles. The number of benzene rings is 2. The average Bonchev–Trinajstić information content (AvgIpc) is 3.37. The van der Waals surface area contributed by atoms with Crippen molar-refractivity contribution in [2.75, 3.05) is 6.61 Å². The third kappa shape index (κ3) is 6.16. The molecule has 2 aromatic carbocycles. The number of hydrogen-bond donors (Lipinski definition) is 2. The zero-order chi connectivity index (χ0) is 29.9. The van der Waals surface area contributed by atoms with Crippen molar-refractivity contribution in [1.82, 2.24) is 19.6 Å². The first-order chi connectivity index (χ1) is 20.2. The molecule has 8 nitrogen and oxygen atoms in total. The highest BCUT2D eigenvalue weighted by Gasteiger charge is 2.40. The van der Waals surface area contributed by atoms with Crippen LogP contribution in [0, 0.1) is 11.3 Å². The van der Waals surface area contributed by atoms with Gasteiger partial charge < -0.3 is 10.4 Å². The second-order valence-electron chi connectivity index (χ2n) is 11.2. The first-order valence-corrected chi connectivity index (χ1v) is 14.9. The maximum Gasteiger partial charge on any atom is 0.270 e. The van der Waals surface area contributed by atoms with Crippen LogP contribution < -0.4 is 5.32 Å². The van der Waals surface area contributed by atoms with E-state index in [0.717, 1.165) is 33.4 Å². The number of aliphatic hydroxyl groups is 1. The summed E-state index contributed by atoms with van der Waals surface area (Å²) in [5, 5.41) is 22.2. The fourth-order valence-corrected chi connectivity index (χ4v) is 6.56. The van der Waals surface area contributed by atoms with Crippen molar-refractivity contribution in [1.29, 1.82) is 5.26 Å². The van der Waals surface area contributed by atoms with Crippen molar-refractivity contribution >= 4 is 16.9 Å². The second-order valence-corrected chi connectivity index (χ2v) is 13.4. The Hall–Kier alpha value is -4.23. The molecule has 0 spiro atoms. The molecule has 42 heavy (non-hydrogen) atoms. The van der Waals surface area contributed by atoms with E-state index < -0.39 is 15.7 Å². The summed E-state index contributed by atoms with van der Waals surface area (Å²) < 4.78 is 15.1. The minimum atomic E-state index is -1.36. The summed E-state index contributed by atoms with van der Waals surface area (Å²) in [4.78, 5) is 22.3. The van der Waals surface area contributed by atoms with Gasteiger partial charge in [0, 0.05) is 43.2 Å². The Kier molecular flexibility index (Phi) is 8.59. The third-order valence-electron chi connectivity index (χ3n) is 7.21. The number of pyridine rings is 2. The second kappa shape index (κ2) is 12.3. The normalized spacial score (nSPS) is 15.5. The standard InChI is InChI=1S/C33H33N5O3S/c1-33(2,3)42(41)38-21-27-18-28(32(40)36-20-23-11-14-35-15-12-23)37-31(30(27)29(38)13-16-39)26-6-4-5-25(17-26)24-9-7-22(19-34)8-10-24/h4-12,14-15,17-18,29,39H,13,16,20-21H2,1-3H3,(H,36,40)/t29-,42-/m1/s1. The molecule has 5 rings (SSSR count). The van der Waals surface area contributed by atoms with E-state index in [1.807, 2.05) is 73.6 Å². The molecule has 0 fully saturated rings. The van der Waals surface area contributed by atoms with E-state index >= 15 is 0 Å². The first kappa shape index (κ1) is 29.3. The van der Waals surface area contributed by atoms with E-state index in [-0.39, 0.29) is 24.2 Å². The predicted octanol–water partition coefficient (Wildman–Crippen LogP) is 5.31. The Morgan fingerprint density at radius 1 is 1.07 bits per heavy atom. The van der Waals surface area contributed by atoms with Gasteiger partial charge in [0.2, 0.25) is 0 Å². The smallest absolute Gasteiger partial charge is 0.270 e. The lowest BCUT2D eigenvalue weighted by molar-refractivity contribution is 0.0946. The van der Waals surface area contributed by atoms with E-state index in [0.29, 0.717) is 30.8 Å². The van der Waals surface area contributed by atoms with Crippen LogP contribution in [-0.4, -0.2) is 40.8 Å². The number of carbonyl (C=O) groups excluding carboxylic acids is 1. The summed E-state index contributed by atoms with van der Waals surface area (Å²) in [5.74, 6) is -0.312. The van der Waals surface area contributed by atoms with Crippen LogP contribution in [0.4, 0.5) is 0 Å². The van der Waals surface area contributed by atoms with Crippen LogP contribution >= 0.6 is 0 Å². The van der Waals surface area contributed by atoms with E-state index in [1.54, 1.807) is 30.6 Å². The summed E-state index contributed by atoms with van der Waals surface area (Å²) in [5.41, 5.74) is 6.84. The molecule has 0 bridgehead atoms. The number of carbonyl (C=O) groups is 1. The largest absolute Gasteiger partial charge is 0.396 e. The maximum absolute atomic E-state index is 13.7. The molecule has 0 radical (unpaired) electrons. The SMILES string of the molecule is CC(C)(C)[S@@](=O)N1Cc2cc(C(=O)NCc3ccncc3)nc(-c3cccc(-c4ccc(C#N)cc4)c3)c2[C@H]1CCO. The number of aromatic nitrogens is 2. The van der Waals surface area contributed by atoms with Crippen LogP contribution in [0.15, 0.2) is 79.1 Å². The number of amides is 1. The first-order valence-electron chi connectivity index (χ1n) is 13.8. The average molecular weight is 580 g/mol. The molecule has 0 saturated heterocycles. The summed E-state index contributed by atoms with van der Waals surface area (Å²) >= 11 is 0. The van der Waals surface area contributed by atoms with Gasteiger partial charge in [0.1, 0.15) is 16.7 Å². The van der Waals surface area contributed by atoms with Crippen LogP contribution in [-0.2, 0) is 24.1 Å². The molecule has 214 valence electrons. The quantitative estimate of drug-likeness (QED) is 0.292. The molecule has 0 unspecified atom stereocenters. The highest BCUT2D eigenvalue weighted by molar-refractivity contribution is 7.84. The topological polar surface area (TPSA) is 119 Å². The minimum absolute atomic E-state index is 0.0825. The fourth-order valence-electron chi connectivity index (χ4n) is 5.16. The van der Waals surface area contributed by atoms with Gasteiger partial charge in [0.05, 0.1) is 28.1 Å². The minimum Gasteiger partial charge on any atom is -0.396 e.